The van der Waals surface area contributed by atoms with Crippen LogP contribution in [0, 0.1) is 0 Å². The molecule has 1 aromatic rings. The fourth-order valence-corrected chi connectivity index (χ4v) is 1.75. The third-order valence-corrected chi connectivity index (χ3v) is 2.76. The number of hydrogen-bond acceptors (Lipinski definition) is 4. The Morgan fingerprint density at radius 2 is 2.22 bits per heavy atom. The number of nitrogens with one attached hydrogen (secondary N) is 1. The summed E-state index contributed by atoms with van der Waals surface area (Å²) in [6.45, 7) is 1.97. The number of rotatable bonds is 5. The second-order valence-electron chi connectivity index (χ2n) is 4.34. The Labute approximate surface area is 106 Å². The molecule has 1 aliphatic heterocycles. The molecule has 1 aromatic carbocycles. The van der Waals surface area contributed by atoms with Crippen LogP contribution in [-0.4, -0.2) is 30.5 Å². The van der Waals surface area contributed by atoms with Crippen LogP contribution in [-0.2, 0) is 11.2 Å². The second kappa shape index (κ2) is 5.73. The Hall–Kier alpha value is -1.75. The Morgan fingerprint density at radius 3 is 3.00 bits per heavy atom. The Kier molecular flexibility index (Phi) is 4.04. The van der Waals surface area contributed by atoms with Gasteiger partial charge in [-0.3, -0.25) is 4.79 Å². The average molecular weight is 251 g/mol. The highest BCUT2D eigenvalue weighted by atomic mass is 16.7. The van der Waals surface area contributed by atoms with Crippen LogP contribution in [0.4, 0.5) is 0 Å². The largest absolute Gasteiger partial charge is 0.454 e. The first-order valence-corrected chi connectivity index (χ1v) is 5.98. The van der Waals surface area contributed by atoms with Crippen LogP contribution in [0.2, 0.25) is 0 Å². The van der Waals surface area contributed by atoms with Gasteiger partial charge in [0.2, 0.25) is 12.7 Å². The first-order valence-electron chi connectivity index (χ1n) is 5.98. The van der Waals surface area contributed by atoms with E-state index < -0.39 is 0 Å². The van der Waals surface area contributed by atoms with E-state index in [-0.39, 0.29) is 25.3 Å². The maximum atomic E-state index is 11.5. The normalized spacial score (nSPS) is 14.3. The molecule has 1 aliphatic rings. The first kappa shape index (κ1) is 12.7. The summed E-state index contributed by atoms with van der Waals surface area (Å²) in [7, 11) is 0. The number of fused-ring (bicyclic) bond motifs is 1. The van der Waals surface area contributed by atoms with Crippen molar-refractivity contribution in [1.82, 2.24) is 5.32 Å². The van der Waals surface area contributed by atoms with Gasteiger partial charge in [-0.15, -0.1) is 0 Å². The lowest BCUT2D eigenvalue weighted by atomic mass is 10.1. The van der Waals surface area contributed by atoms with E-state index in [0.29, 0.717) is 12.8 Å². The van der Waals surface area contributed by atoms with E-state index in [1.807, 2.05) is 18.2 Å². The molecule has 0 saturated heterocycles. The molecule has 0 aliphatic carbocycles. The number of carbonyl (C=O) groups is 1. The molecule has 0 radical (unpaired) electrons. The quantitative estimate of drug-likeness (QED) is 0.814. The van der Waals surface area contributed by atoms with E-state index in [2.05, 4.69) is 5.32 Å². The molecular weight excluding hydrogens is 234 g/mol. The van der Waals surface area contributed by atoms with Gasteiger partial charge in [-0.2, -0.15) is 0 Å². The van der Waals surface area contributed by atoms with Crippen molar-refractivity contribution in [2.75, 3.05) is 13.4 Å². The molecule has 5 nitrogen and oxygen atoms in total. The van der Waals surface area contributed by atoms with Crippen LogP contribution in [0.5, 0.6) is 11.5 Å². The van der Waals surface area contributed by atoms with Crippen molar-refractivity contribution in [1.29, 1.82) is 0 Å². The Morgan fingerprint density at radius 1 is 1.44 bits per heavy atom. The molecule has 1 atom stereocenters. The van der Waals surface area contributed by atoms with Crippen molar-refractivity contribution < 1.29 is 19.4 Å². The SMILES string of the molecule is C[C@@H](CO)NC(=O)CCc1ccc2c(c1)OCO2. The maximum absolute atomic E-state index is 11.5. The van der Waals surface area contributed by atoms with E-state index >= 15 is 0 Å². The van der Waals surface area contributed by atoms with E-state index in [4.69, 9.17) is 14.6 Å². The molecule has 5 heteroatoms. The summed E-state index contributed by atoms with van der Waals surface area (Å²) in [5.41, 5.74) is 1.03. The summed E-state index contributed by atoms with van der Waals surface area (Å²) in [5.74, 6) is 1.42. The smallest absolute Gasteiger partial charge is 0.231 e. The van der Waals surface area contributed by atoms with Gasteiger partial charge in [0.1, 0.15) is 0 Å². The summed E-state index contributed by atoms with van der Waals surface area (Å²) in [6.07, 6.45) is 1.03. The van der Waals surface area contributed by atoms with Gasteiger partial charge in [0, 0.05) is 12.5 Å². The minimum absolute atomic E-state index is 0.0459. The van der Waals surface area contributed by atoms with E-state index in [0.717, 1.165) is 17.1 Å². The van der Waals surface area contributed by atoms with Gasteiger partial charge in [0.25, 0.3) is 0 Å². The van der Waals surface area contributed by atoms with Gasteiger partial charge in [-0.1, -0.05) is 6.07 Å². The summed E-state index contributed by atoms with van der Waals surface area (Å²) in [5, 5.41) is 11.5. The average Bonchev–Trinajstić information content (AvgIpc) is 2.83. The lowest BCUT2D eigenvalue weighted by Crippen LogP contribution is -2.35. The van der Waals surface area contributed by atoms with Crippen LogP contribution >= 0.6 is 0 Å². The van der Waals surface area contributed by atoms with Gasteiger partial charge in [0.05, 0.1) is 6.61 Å². The van der Waals surface area contributed by atoms with Crippen LogP contribution in [0.1, 0.15) is 18.9 Å². The minimum Gasteiger partial charge on any atom is -0.454 e. The van der Waals surface area contributed by atoms with E-state index in [1.54, 1.807) is 6.92 Å². The molecular formula is C13H17NO4. The topological polar surface area (TPSA) is 67.8 Å². The Bertz CT molecular complexity index is 433. The molecule has 1 amide bonds. The van der Waals surface area contributed by atoms with Crippen LogP contribution in [0.3, 0.4) is 0 Å². The first-order chi connectivity index (χ1) is 8.69. The zero-order chi connectivity index (χ0) is 13.0. The van der Waals surface area contributed by atoms with Crippen LogP contribution in [0.15, 0.2) is 18.2 Å². The fraction of sp³-hybridized carbons (Fsp3) is 0.462. The van der Waals surface area contributed by atoms with Crippen molar-refractivity contribution in [3.8, 4) is 11.5 Å². The minimum atomic E-state index is -0.200. The van der Waals surface area contributed by atoms with Gasteiger partial charge in [0.15, 0.2) is 11.5 Å². The lowest BCUT2D eigenvalue weighted by Gasteiger charge is -2.10. The zero-order valence-electron chi connectivity index (χ0n) is 10.3. The monoisotopic (exact) mass is 251 g/mol. The third-order valence-electron chi connectivity index (χ3n) is 2.76. The number of hydrogen-bond donors (Lipinski definition) is 2. The number of benzene rings is 1. The molecule has 0 spiro atoms. The Balaban J connectivity index is 1.85. The lowest BCUT2D eigenvalue weighted by molar-refractivity contribution is -0.121. The van der Waals surface area contributed by atoms with Crippen LogP contribution < -0.4 is 14.8 Å². The molecule has 0 unspecified atom stereocenters. The highest BCUT2D eigenvalue weighted by molar-refractivity contribution is 5.76. The number of amides is 1. The van der Waals surface area contributed by atoms with Gasteiger partial charge in [-0.05, 0) is 31.0 Å². The number of aryl methyl sites for hydroxylation is 1. The summed E-state index contributed by atoms with van der Waals surface area (Å²) in [4.78, 5) is 11.5. The molecule has 0 fully saturated rings. The predicted molar refractivity (Wildman–Crippen MR) is 65.6 cm³/mol. The molecule has 0 aromatic heterocycles. The summed E-state index contributed by atoms with van der Waals surface area (Å²) >= 11 is 0. The summed E-state index contributed by atoms with van der Waals surface area (Å²) in [6, 6.07) is 5.47. The third kappa shape index (κ3) is 3.13. The molecule has 1 heterocycles. The van der Waals surface area contributed by atoms with E-state index in [9.17, 15) is 4.79 Å². The zero-order valence-corrected chi connectivity index (χ0v) is 10.3. The molecule has 98 valence electrons. The second-order valence-corrected chi connectivity index (χ2v) is 4.34. The van der Waals surface area contributed by atoms with Crippen molar-refractivity contribution >= 4 is 5.91 Å². The highest BCUT2D eigenvalue weighted by Crippen LogP contribution is 2.32. The number of ether oxygens (including phenoxy) is 2. The molecule has 2 rings (SSSR count). The number of aliphatic hydroxyl groups excluding tert-OH is 1. The van der Waals surface area contributed by atoms with E-state index in [1.165, 1.54) is 0 Å². The summed E-state index contributed by atoms with van der Waals surface area (Å²) < 4.78 is 10.5. The van der Waals surface area contributed by atoms with Crippen LogP contribution in [0.25, 0.3) is 0 Å². The van der Waals surface area contributed by atoms with Crippen molar-refractivity contribution in [3.63, 3.8) is 0 Å². The van der Waals surface area contributed by atoms with Gasteiger partial charge in [-0.25, -0.2) is 0 Å². The number of carbonyl (C=O) groups excluding carboxylic acids is 1. The van der Waals surface area contributed by atoms with Crippen molar-refractivity contribution in [3.05, 3.63) is 23.8 Å². The fourth-order valence-electron chi connectivity index (χ4n) is 1.75. The molecule has 0 saturated carbocycles. The standard InChI is InChI=1S/C13H17NO4/c1-9(7-15)14-13(16)5-3-10-2-4-11-12(6-10)18-8-17-11/h2,4,6,9,15H,3,5,7-8H2,1H3,(H,14,16)/t9-/m0/s1. The predicted octanol–water partition coefficient (Wildman–Crippen LogP) is 0.845. The number of aliphatic hydroxyl groups is 1. The highest BCUT2D eigenvalue weighted by Gasteiger charge is 2.13. The molecule has 0 bridgehead atoms. The van der Waals surface area contributed by atoms with Gasteiger partial charge >= 0.3 is 0 Å². The van der Waals surface area contributed by atoms with Crippen molar-refractivity contribution in [2.45, 2.75) is 25.8 Å². The molecule has 2 N–H and O–H groups in total. The molecule has 18 heavy (non-hydrogen) atoms. The van der Waals surface area contributed by atoms with Gasteiger partial charge < -0.3 is 19.9 Å². The maximum Gasteiger partial charge on any atom is 0.231 e. The van der Waals surface area contributed by atoms with Crippen molar-refractivity contribution in [2.24, 2.45) is 0 Å².